The molecule has 204 valence electrons. The Morgan fingerprint density at radius 2 is 2.00 bits per heavy atom. The zero-order valence-corrected chi connectivity index (χ0v) is 23.5. The topological polar surface area (TPSA) is 36.4 Å². The van der Waals surface area contributed by atoms with E-state index in [2.05, 4.69) is 18.1 Å². The molecule has 39 heavy (non-hydrogen) atoms. The van der Waals surface area contributed by atoms with Gasteiger partial charge in [0.2, 0.25) is 5.91 Å². The van der Waals surface area contributed by atoms with Crippen molar-refractivity contribution in [2.75, 3.05) is 18.5 Å². The zero-order chi connectivity index (χ0) is 28.5. The molecule has 0 aliphatic carbocycles. The molecule has 0 radical (unpaired) electrons. The van der Waals surface area contributed by atoms with Crippen molar-refractivity contribution < 1.29 is 18.0 Å². The van der Waals surface area contributed by atoms with E-state index in [1.807, 2.05) is 48.2 Å². The van der Waals surface area contributed by atoms with E-state index in [1.54, 1.807) is 30.5 Å². The molecule has 2 atom stereocenters. The van der Waals surface area contributed by atoms with Crippen LogP contribution in [0.4, 0.5) is 18.9 Å². The van der Waals surface area contributed by atoms with Gasteiger partial charge in [-0.05, 0) is 53.0 Å². The number of anilines is 1. The number of alkyl halides is 3. The second kappa shape index (κ2) is 11.4. The average molecular weight is 572 g/mol. The van der Waals surface area contributed by atoms with Crippen molar-refractivity contribution >= 4 is 40.1 Å². The number of pyridine rings is 1. The highest BCUT2D eigenvalue weighted by atomic mass is 35.5. The lowest BCUT2D eigenvalue weighted by Gasteiger charge is -2.34. The molecule has 2 aromatic heterocycles. The number of aryl methyl sites for hydroxylation is 1. The lowest BCUT2D eigenvalue weighted by atomic mass is 9.80. The Morgan fingerprint density at radius 3 is 2.67 bits per heavy atom. The van der Waals surface area contributed by atoms with Crippen LogP contribution in [0.2, 0.25) is 4.34 Å². The van der Waals surface area contributed by atoms with Crippen LogP contribution >= 0.6 is 22.9 Å². The molecule has 1 aliphatic heterocycles. The van der Waals surface area contributed by atoms with Crippen LogP contribution < -0.4 is 4.90 Å². The molecular weight excluding hydrogens is 543 g/mol. The number of fused-ring (bicyclic) bond motifs is 1. The Kier molecular flexibility index (Phi) is 8.37. The summed E-state index contributed by atoms with van der Waals surface area (Å²) in [5, 5.41) is 0. The molecule has 3 aromatic rings. The third-order valence-corrected chi connectivity index (χ3v) is 8.38. The highest BCUT2D eigenvalue weighted by Gasteiger charge is 2.38. The number of rotatable bonds is 7. The van der Waals surface area contributed by atoms with Crippen molar-refractivity contribution in [1.29, 1.82) is 0 Å². The van der Waals surface area contributed by atoms with Crippen LogP contribution in [0.5, 0.6) is 0 Å². The lowest BCUT2D eigenvalue weighted by molar-refractivity contribution is -0.127. The summed E-state index contributed by atoms with van der Waals surface area (Å²) in [5.74, 6) is -1.55. The molecule has 3 heterocycles. The van der Waals surface area contributed by atoms with Gasteiger partial charge in [0.25, 0.3) is 0 Å². The van der Waals surface area contributed by atoms with Crippen molar-refractivity contribution in [3.63, 3.8) is 0 Å². The van der Waals surface area contributed by atoms with Gasteiger partial charge in [0.1, 0.15) is 0 Å². The van der Waals surface area contributed by atoms with Gasteiger partial charge in [-0.2, -0.15) is 13.2 Å². The molecule has 1 amide bonds. The summed E-state index contributed by atoms with van der Waals surface area (Å²) in [7, 11) is 1.80. The fraction of sp³-hybridized carbons (Fsp3) is 0.267. The summed E-state index contributed by atoms with van der Waals surface area (Å²) >= 11 is 7.80. The van der Waals surface area contributed by atoms with Crippen molar-refractivity contribution in [3.05, 3.63) is 111 Å². The Balaban J connectivity index is 1.90. The summed E-state index contributed by atoms with van der Waals surface area (Å²) in [6.07, 6.45) is 1.80. The SMILES string of the molecule is C=CC(=O)N1Cc2sc(Cl)cc2[C@H](c2ccccc2/C(=C/N(C)c2ccncc2C)C(C)C(=C)C(F)(F)F)C1. The Bertz CT molecular complexity index is 1450. The van der Waals surface area contributed by atoms with Gasteiger partial charge in [-0.25, -0.2) is 0 Å². The molecule has 1 unspecified atom stereocenters. The maximum Gasteiger partial charge on any atom is 0.412 e. The molecule has 1 aliphatic rings. The summed E-state index contributed by atoms with van der Waals surface area (Å²) in [4.78, 5) is 21.2. The first-order valence-corrected chi connectivity index (χ1v) is 13.5. The molecule has 0 fully saturated rings. The first-order chi connectivity index (χ1) is 18.4. The molecule has 1 aromatic carbocycles. The Labute approximate surface area is 235 Å². The quantitative estimate of drug-likeness (QED) is 0.213. The fourth-order valence-corrected chi connectivity index (χ4v) is 6.36. The standard InChI is InChI=1S/C30H29ClF3N3OS/c1-6-29(38)37-16-25(23-13-28(31)39-27(23)17-37)22-10-8-7-9-21(22)24(19(3)20(4)30(32,33)34)15-36(5)26-11-12-35-14-18(26)2/h6-15,19,25H,1,4,16-17H2,2-3,5H3/b24-15+/t19?,25-/m0/s1. The van der Waals surface area contributed by atoms with E-state index in [0.29, 0.717) is 28.6 Å². The molecule has 0 saturated carbocycles. The summed E-state index contributed by atoms with van der Waals surface area (Å²) in [5.41, 5.74) is 3.76. The highest BCUT2D eigenvalue weighted by Crippen LogP contribution is 2.45. The molecule has 9 heteroatoms. The monoisotopic (exact) mass is 571 g/mol. The molecule has 4 nitrogen and oxygen atoms in total. The van der Waals surface area contributed by atoms with Gasteiger partial charge in [-0.15, -0.1) is 11.3 Å². The van der Waals surface area contributed by atoms with Gasteiger partial charge in [0.15, 0.2) is 0 Å². The van der Waals surface area contributed by atoms with Crippen molar-refractivity contribution in [2.24, 2.45) is 5.92 Å². The van der Waals surface area contributed by atoms with Gasteiger partial charge >= 0.3 is 6.18 Å². The van der Waals surface area contributed by atoms with Gasteiger partial charge < -0.3 is 9.80 Å². The highest BCUT2D eigenvalue weighted by molar-refractivity contribution is 7.16. The van der Waals surface area contributed by atoms with E-state index in [4.69, 9.17) is 11.6 Å². The fourth-order valence-electron chi connectivity index (χ4n) is 5.00. The van der Waals surface area contributed by atoms with E-state index >= 15 is 0 Å². The number of hydrogen-bond donors (Lipinski definition) is 0. The van der Waals surface area contributed by atoms with Crippen molar-refractivity contribution in [1.82, 2.24) is 9.88 Å². The maximum atomic E-state index is 13.9. The molecule has 0 bridgehead atoms. The second-order valence-corrected chi connectivity index (χ2v) is 11.4. The van der Waals surface area contributed by atoms with E-state index in [-0.39, 0.29) is 11.8 Å². The minimum atomic E-state index is -4.56. The van der Waals surface area contributed by atoms with Gasteiger partial charge in [0.05, 0.1) is 10.9 Å². The number of allylic oxidation sites excluding steroid dienone is 2. The Hall–Kier alpha value is -3.36. The normalized spacial score (nSPS) is 16.4. The molecule has 0 spiro atoms. The third kappa shape index (κ3) is 5.97. The van der Waals surface area contributed by atoms with E-state index in [9.17, 15) is 18.0 Å². The van der Waals surface area contributed by atoms with Gasteiger partial charge in [-0.3, -0.25) is 9.78 Å². The predicted octanol–water partition coefficient (Wildman–Crippen LogP) is 8.00. The maximum absolute atomic E-state index is 13.9. The number of amides is 1. The number of carbonyl (C=O) groups excluding carboxylic acids is 1. The molecule has 0 N–H and O–H groups in total. The minimum absolute atomic E-state index is 0.213. The van der Waals surface area contributed by atoms with Crippen LogP contribution in [-0.2, 0) is 11.3 Å². The number of carbonyl (C=O) groups is 1. The predicted molar refractivity (Wildman–Crippen MR) is 153 cm³/mol. The molecule has 4 rings (SSSR count). The van der Waals surface area contributed by atoms with Crippen LogP contribution in [0.25, 0.3) is 5.57 Å². The van der Waals surface area contributed by atoms with Crippen LogP contribution in [0.1, 0.15) is 40.0 Å². The first-order valence-electron chi connectivity index (χ1n) is 12.3. The molecular formula is C30H29ClF3N3OS. The van der Waals surface area contributed by atoms with Crippen LogP contribution in [0, 0.1) is 12.8 Å². The number of thiophene rings is 1. The number of halogens is 4. The summed E-state index contributed by atoms with van der Waals surface area (Å²) in [6, 6.07) is 11.1. The summed E-state index contributed by atoms with van der Waals surface area (Å²) < 4.78 is 42.4. The number of aromatic nitrogens is 1. The Morgan fingerprint density at radius 1 is 1.28 bits per heavy atom. The van der Waals surface area contributed by atoms with E-state index in [0.717, 1.165) is 27.3 Å². The minimum Gasteiger partial charge on any atom is -0.350 e. The second-order valence-electron chi connectivity index (χ2n) is 9.59. The first kappa shape index (κ1) is 28.6. The average Bonchev–Trinajstić information content (AvgIpc) is 3.29. The number of nitrogens with zero attached hydrogens (tertiary/aromatic N) is 3. The largest absolute Gasteiger partial charge is 0.412 e. The molecule has 0 saturated heterocycles. The number of hydrogen-bond acceptors (Lipinski definition) is 4. The number of benzene rings is 1. The summed E-state index contributed by atoms with van der Waals surface area (Å²) in [6.45, 7) is 11.2. The van der Waals surface area contributed by atoms with Gasteiger partial charge in [-0.1, -0.05) is 55.9 Å². The van der Waals surface area contributed by atoms with Crippen molar-refractivity contribution in [2.45, 2.75) is 32.5 Å². The van der Waals surface area contributed by atoms with E-state index < -0.39 is 17.7 Å². The smallest absolute Gasteiger partial charge is 0.350 e. The van der Waals surface area contributed by atoms with E-state index in [1.165, 1.54) is 24.3 Å². The van der Waals surface area contributed by atoms with Crippen LogP contribution in [0.15, 0.2) is 79.8 Å². The van der Waals surface area contributed by atoms with Crippen LogP contribution in [-0.4, -0.2) is 35.6 Å². The van der Waals surface area contributed by atoms with Gasteiger partial charge in [0, 0.05) is 60.2 Å². The van der Waals surface area contributed by atoms with Crippen molar-refractivity contribution in [3.8, 4) is 0 Å². The van der Waals surface area contributed by atoms with Crippen LogP contribution in [0.3, 0.4) is 0 Å². The lowest BCUT2D eigenvalue weighted by Crippen LogP contribution is -2.37. The third-order valence-electron chi connectivity index (χ3n) is 7.11. The zero-order valence-electron chi connectivity index (χ0n) is 21.9.